The molecular formula is C11H10N4O. The first kappa shape index (κ1) is 9.08. The molecule has 3 aromatic rings. The number of hydrogen-bond donors (Lipinski definition) is 1. The Morgan fingerprint density at radius 3 is 2.88 bits per heavy atom. The Morgan fingerprint density at radius 1 is 1.25 bits per heavy atom. The highest BCUT2D eigenvalue weighted by Gasteiger charge is 2.09. The van der Waals surface area contributed by atoms with Gasteiger partial charge in [-0.15, -0.1) is 0 Å². The maximum absolute atomic E-state index is 4.90. The number of pyridine rings is 1. The number of H-pyrrole nitrogens is 1. The standard InChI is InChI=1S/C11H10N4O/c1-6-8-3-4-10(12-11(8)14-13-6)9-5-16-15-7(9)2/h3-5H,1-2H3,(H,12,13,14). The van der Waals surface area contributed by atoms with Gasteiger partial charge < -0.3 is 4.52 Å². The van der Waals surface area contributed by atoms with Crippen molar-refractivity contribution in [3.8, 4) is 11.3 Å². The van der Waals surface area contributed by atoms with Gasteiger partial charge in [-0.05, 0) is 26.0 Å². The summed E-state index contributed by atoms with van der Waals surface area (Å²) < 4.78 is 4.90. The van der Waals surface area contributed by atoms with E-state index >= 15 is 0 Å². The highest BCUT2D eigenvalue weighted by molar-refractivity contribution is 5.80. The molecule has 5 nitrogen and oxygen atoms in total. The highest BCUT2D eigenvalue weighted by atomic mass is 16.5. The van der Waals surface area contributed by atoms with Crippen LogP contribution in [0.3, 0.4) is 0 Å². The molecule has 0 aliphatic heterocycles. The van der Waals surface area contributed by atoms with E-state index in [0.717, 1.165) is 33.7 Å². The van der Waals surface area contributed by atoms with Crippen molar-refractivity contribution in [3.63, 3.8) is 0 Å². The van der Waals surface area contributed by atoms with Gasteiger partial charge >= 0.3 is 0 Å². The van der Waals surface area contributed by atoms with Crippen molar-refractivity contribution in [1.29, 1.82) is 0 Å². The summed E-state index contributed by atoms with van der Waals surface area (Å²) >= 11 is 0. The van der Waals surface area contributed by atoms with Crippen LogP contribution in [0.15, 0.2) is 22.9 Å². The number of nitrogens with zero attached hydrogens (tertiary/aromatic N) is 3. The van der Waals surface area contributed by atoms with Crippen molar-refractivity contribution < 1.29 is 4.52 Å². The fourth-order valence-electron chi connectivity index (χ4n) is 1.71. The molecule has 0 atom stereocenters. The van der Waals surface area contributed by atoms with Gasteiger partial charge in [0.1, 0.15) is 6.26 Å². The van der Waals surface area contributed by atoms with Gasteiger partial charge in [-0.2, -0.15) is 5.10 Å². The van der Waals surface area contributed by atoms with Crippen LogP contribution in [0.25, 0.3) is 22.3 Å². The lowest BCUT2D eigenvalue weighted by atomic mass is 10.1. The molecule has 16 heavy (non-hydrogen) atoms. The Hall–Kier alpha value is -2.17. The lowest BCUT2D eigenvalue weighted by Crippen LogP contribution is -1.85. The molecule has 0 bridgehead atoms. The largest absolute Gasteiger partial charge is 0.364 e. The number of fused-ring (bicyclic) bond motifs is 1. The molecule has 0 aliphatic carbocycles. The molecule has 0 spiro atoms. The molecule has 3 heterocycles. The van der Waals surface area contributed by atoms with Gasteiger partial charge in [0.05, 0.1) is 17.0 Å². The Kier molecular flexibility index (Phi) is 1.80. The fourth-order valence-corrected chi connectivity index (χ4v) is 1.71. The van der Waals surface area contributed by atoms with Crippen molar-refractivity contribution >= 4 is 11.0 Å². The van der Waals surface area contributed by atoms with Crippen LogP contribution >= 0.6 is 0 Å². The molecular weight excluding hydrogens is 204 g/mol. The van der Waals surface area contributed by atoms with Gasteiger partial charge in [0.2, 0.25) is 0 Å². The predicted molar refractivity (Wildman–Crippen MR) is 58.9 cm³/mol. The summed E-state index contributed by atoms with van der Waals surface area (Å²) in [5, 5.41) is 11.9. The summed E-state index contributed by atoms with van der Waals surface area (Å²) in [5.74, 6) is 0. The topological polar surface area (TPSA) is 67.6 Å². The van der Waals surface area contributed by atoms with Crippen LogP contribution in [0.4, 0.5) is 0 Å². The van der Waals surface area contributed by atoms with E-state index in [1.807, 2.05) is 26.0 Å². The molecule has 80 valence electrons. The Balaban J connectivity index is 2.23. The summed E-state index contributed by atoms with van der Waals surface area (Å²) in [6, 6.07) is 3.95. The van der Waals surface area contributed by atoms with Crippen LogP contribution in [-0.2, 0) is 0 Å². The Labute approximate surface area is 91.5 Å². The normalized spacial score (nSPS) is 11.1. The third kappa shape index (κ3) is 1.21. The molecule has 0 aliphatic rings. The first-order chi connectivity index (χ1) is 7.75. The number of rotatable bonds is 1. The van der Waals surface area contributed by atoms with Crippen LogP contribution in [0, 0.1) is 13.8 Å². The lowest BCUT2D eigenvalue weighted by Gasteiger charge is -1.96. The summed E-state index contributed by atoms with van der Waals surface area (Å²) in [5.41, 5.74) is 4.31. The van der Waals surface area contributed by atoms with E-state index in [-0.39, 0.29) is 0 Å². The van der Waals surface area contributed by atoms with Gasteiger partial charge in [0, 0.05) is 11.1 Å². The number of hydrogen-bond acceptors (Lipinski definition) is 4. The molecule has 0 unspecified atom stereocenters. The van der Waals surface area contributed by atoms with Crippen molar-refractivity contribution in [2.45, 2.75) is 13.8 Å². The molecule has 0 fully saturated rings. The van der Waals surface area contributed by atoms with Gasteiger partial charge in [-0.3, -0.25) is 5.10 Å². The summed E-state index contributed by atoms with van der Waals surface area (Å²) in [6.07, 6.45) is 1.60. The average molecular weight is 214 g/mol. The first-order valence-electron chi connectivity index (χ1n) is 4.99. The molecule has 0 amide bonds. The highest BCUT2D eigenvalue weighted by Crippen LogP contribution is 2.23. The molecule has 3 rings (SSSR count). The van der Waals surface area contributed by atoms with E-state index in [9.17, 15) is 0 Å². The van der Waals surface area contributed by atoms with Gasteiger partial charge in [-0.25, -0.2) is 4.98 Å². The Morgan fingerprint density at radius 2 is 2.12 bits per heavy atom. The third-order valence-corrected chi connectivity index (χ3v) is 2.63. The molecule has 0 radical (unpaired) electrons. The summed E-state index contributed by atoms with van der Waals surface area (Å²) in [4.78, 5) is 4.46. The van der Waals surface area contributed by atoms with Gasteiger partial charge in [0.15, 0.2) is 5.65 Å². The number of aromatic nitrogens is 4. The summed E-state index contributed by atoms with van der Waals surface area (Å²) in [6.45, 7) is 3.86. The van der Waals surface area contributed by atoms with Crippen LogP contribution in [0.5, 0.6) is 0 Å². The van der Waals surface area contributed by atoms with E-state index < -0.39 is 0 Å². The monoisotopic (exact) mass is 214 g/mol. The Bertz CT molecular complexity index is 653. The second-order valence-electron chi connectivity index (χ2n) is 3.73. The number of nitrogens with one attached hydrogen (secondary N) is 1. The number of aryl methyl sites for hydroxylation is 2. The smallest absolute Gasteiger partial charge is 0.181 e. The average Bonchev–Trinajstić information content (AvgIpc) is 2.86. The van der Waals surface area contributed by atoms with E-state index in [4.69, 9.17) is 4.52 Å². The van der Waals surface area contributed by atoms with Gasteiger partial charge in [-0.1, -0.05) is 5.16 Å². The van der Waals surface area contributed by atoms with Crippen molar-refractivity contribution in [1.82, 2.24) is 20.3 Å². The van der Waals surface area contributed by atoms with Crippen molar-refractivity contribution in [2.24, 2.45) is 0 Å². The SMILES string of the molecule is Cc1nocc1-c1ccc2c(C)[nH]nc2n1. The maximum Gasteiger partial charge on any atom is 0.181 e. The molecule has 0 aromatic carbocycles. The molecule has 1 N–H and O–H groups in total. The second-order valence-corrected chi connectivity index (χ2v) is 3.73. The molecule has 0 saturated heterocycles. The zero-order chi connectivity index (χ0) is 11.1. The van der Waals surface area contributed by atoms with E-state index in [1.54, 1.807) is 6.26 Å². The lowest BCUT2D eigenvalue weighted by molar-refractivity contribution is 0.415. The van der Waals surface area contributed by atoms with Crippen LogP contribution < -0.4 is 0 Å². The minimum absolute atomic E-state index is 0.718. The molecule has 0 saturated carbocycles. The minimum Gasteiger partial charge on any atom is -0.364 e. The van der Waals surface area contributed by atoms with E-state index in [0.29, 0.717) is 0 Å². The zero-order valence-electron chi connectivity index (χ0n) is 8.98. The number of aromatic amines is 1. The van der Waals surface area contributed by atoms with Crippen molar-refractivity contribution in [3.05, 3.63) is 29.8 Å². The van der Waals surface area contributed by atoms with Gasteiger partial charge in [0.25, 0.3) is 0 Å². The summed E-state index contributed by atoms with van der Waals surface area (Å²) in [7, 11) is 0. The van der Waals surface area contributed by atoms with Crippen molar-refractivity contribution in [2.75, 3.05) is 0 Å². The molecule has 5 heteroatoms. The van der Waals surface area contributed by atoms with E-state index in [2.05, 4.69) is 20.3 Å². The van der Waals surface area contributed by atoms with Crippen LogP contribution in [-0.4, -0.2) is 20.3 Å². The fraction of sp³-hybridized carbons (Fsp3) is 0.182. The second kappa shape index (κ2) is 3.16. The minimum atomic E-state index is 0.718. The quantitative estimate of drug-likeness (QED) is 0.674. The maximum atomic E-state index is 4.90. The van der Waals surface area contributed by atoms with Crippen LogP contribution in [0.2, 0.25) is 0 Å². The van der Waals surface area contributed by atoms with E-state index in [1.165, 1.54) is 0 Å². The van der Waals surface area contributed by atoms with Crippen LogP contribution in [0.1, 0.15) is 11.4 Å². The predicted octanol–water partition coefficient (Wildman–Crippen LogP) is 2.23. The third-order valence-electron chi connectivity index (χ3n) is 2.63. The zero-order valence-corrected chi connectivity index (χ0v) is 8.98. The molecule has 3 aromatic heterocycles. The first-order valence-corrected chi connectivity index (χ1v) is 4.99.